The van der Waals surface area contributed by atoms with E-state index < -0.39 is 5.91 Å². The van der Waals surface area contributed by atoms with Gasteiger partial charge in [-0.05, 0) is 25.1 Å². The summed E-state index contributed by atoms with van der Waals surface area (Å²) >= 11 is 0. The Bertz CT molecular complexity index is 634. The zero-order valence-corrected chi connectivity index (χ0v) is 13.3. The van der Waals surface area contributed by atoms with Crippen LogP contribution >= 0.6 is 0 Å². The number of pyridine rings is 1. The summed E-state index contributed by atoms with van der Waals surface area (Å²) in [6, 6.07) is 2.39. The maximum atomic E-state index is 11.6. The van der Waals surface area contributed by atoms with Gasteiger partial charge in [-0.25, -0.2) is 5.48 Å². The Hall–Kier alpha value is -1.54. The Morgan fingerprint density at radius 3 is 3.17 bits per heavy atom. The number of nitrogens with one attached hydrogen (secondary N) is 1. The fourth-order valence-corrected chi connectivity index (χ4v) is 4.17. The number of carbonyl (C=O) groups is 1. The third-order valence-electron chi connectivity index (χ3n) is 5.34. The molecule has 1 aromatic rings. The highest BCUT2D eigenvalue weighted by Gasteiger charge is 2.50. The molecule has 2 bridgehead atoms. The number of hydrogen-bond donors (Lipinski definition) is 2. The van der Waals surface area contributed by atoms with Crippen LogP contribution in [0.15, 0.2) is 12.3 Å². The molecule has 4 heterocycles. The second kappa shape index (κ2) is 5.52. The molecule has 1 amide bonds. The number of nitrogens with zero attached hydrogens (tertiary/aromatic N) is 3. The van der Waals surface area contributed by atoms with Gasteiger partial charge in [-0.3, -0.25) is 24.8 Å². The number of hydroxylamine groups is 1. The van der Waals surface area contributed by atoms with Gasteiger partial charge in [0.05, 0.1) is 17.8 Å². The summed E-state index contributed by atoms with van der Waals surface area (Å²) in [5.74, 6) is -0.518. The number of likely N-dealkylation sites (N-methyl/N-ethyl adjacent to an activating group) is 1. The molecular formula is C16H22N4O3. The first kappa shape index (κ1) is 15.0. The summed E-state index contributed by atoms with van der Waals surface area (Å²) in [6.45, 7) is 4.48. The monoisotopic (exact) mass is 318 g/mol. The second-order valence-corrected chi connectivity index (χ2v) is 7.00. The van der Waals surface area contributed by atoms with Gasteiger partial charge in [0, 0.05) is 50.5 Å². The molecule has 4 rings (SSSR count). The van der Waals surface area contributed by atoms with Crippen molar-refractivity contribution in [2.45, 2.75) is 31.0 Å². The molecule has 1 aromatic heterocycles. The third-order valence-corrected chi connectivity index (χ3v) is 5.34. The minimum Gasteiger partial charge on any atom is -0.371 e. The second-order valence-electron chi connectivity index (χ2n) is 7.00. The van der Waals surface area contributed by atoms with Crippen molar-refractivity contribution < 1.29 is 14.7 Å². The molecule has 0 aromatic carbocycles. The molecule has 2 fully saturated rings. The first-order valence-corrected chi connectivity index (χ1v) is 8.07. The molecule has 2 saturated heterocycles. The summed E-state index contributed by atoms with van der Waals surface area (Å²) in [7, 11) is 2.17. The quantitative estimate of drug-likeness (QED) is 0.605. The van der Waals surface area contributed by atoms with E-state index in [1.807, 2.05) is 6.07 Å². The molecule has 3 aliphatic heterocycles. The zero-order valence-electron chi connectivity index (χ0n) is 13.3. The standard InChI is InChI=1S/C16H22N4O3/c1-19-9-16(5-13(19)8-23-16)10-20-3-2-14-12(7-20)4-11(6-17-14)15(21)18-22/h4,6,13,22H,2-3,5,7-10H2,1H3,(H,18,21)/t13-,16-/m0/s1. The largest absolute Gasteiger partial charge is 0.371 e. The van der Waals surface area contributed by atoms with Crippen molar-refractivity contribution in [1.29, 1.82) is 0 Å². The van der Waals surface area contributed by atoms with Gasteiger partial charge in [0.15, 0.2) is 0 Å². The summed E-state index contributed by atoms with van der Waals surface area (Å²) in [4.78, 5) is 20.7. The number of rotatable bonds is 3. The highest BCUT2D eigenvalue weighted by Crippen LogP contribution is 2.37. The lowest BCUT2D eigenvalue weighted by Crippen LogP contribution is -2.49. The van der Waals surface area contributed by atoms with E-state index in [4.69, 9.17) is 9.94 Å². The Labute approximate surface area is 135 Å². The minimum atomic E-state index is -0.518. The van der Waals surface area contributed by atoms with E-state index in [-0.39, 0.29) is 5.60 Å². The van der Waals surface area contributed by atoms with Gasteiger partial charge in [-0.1, -0.05) is 0 Å². The molecule has 2 N–H and O–H groups in total. The Kier molecular flexibility index (Phi) is 3.60. The first-order chi connectivity index (χ1) is 11.1. The number of hydrogen-bond acceptors (Lipinski definition) is 6. The number of ether oxygens (including phenoxy) is 1. The highest BCUT2D eigenvalue weighted by molar-refractivity contribution is 5.93. The first-order valence-electron chi connectivity index (χ1n) is 8.07. The molecule has 3 aliphatic rings. The van der Waals surface area contributed by atoms with Crippen LogP contribution in [0.2, 0.25) is 0 Å². The van der Waals surface area contributed by atoms with Crippen molar-refractivity contribution in [3.63, 3.8) is 0 Å². The van der Waals surface area contributed by atoms with E-state index in [2.05, 4.69) is 21.8 Å². The molecular weight excluding hydrogens is 296 g/mol. The fourth-order valence-electron chi connectivity index (χ4n) is 4.17. The number of amides is 1. The van der Waals surface area contributed by atoms with E-state index in [1.54, 1.807) is 5.48 Å². The average molecular weight is 318 g/mol. The maximum Gasteiger partial charge on any atom is 0.276 e. The smallest absolute Gasteiger partial charge is 0.276 e. The zero-order chi connectivity index (χ0) is 16.0. The molecule has 124 valence electrons. The van der Waals surface area contributed by atoms with Gasteiger partial charge in [0.25, 0.3) is 5.91 Å². The normalized spacial score (nSPS) is 30.4. The van der Waals surface area contributed by atoms with Crippen LogP contribution in [0.5, 0.6) is 0 Å². The molecule has 0 saturated carbocycles. The maximum absolute atomic E-state index is 11.6. The van der Waals surface area contributed by atoms with Crippen molar-refractivity contribution in [1.82, 2.24) is 20.3 Å². The topological polar surface area (TPSA) is 77.9 Å². The molecule has 0 aliphatic carbocycles. The van der Waals surface area contributed by atoms with Crippen LogP contribution < -0.4 is 5.48 Å². The highest BCUT2D eigenvalue weighted by atomic mass is 16.5. The molecule has 0 spiro atoms. The average Bonchev–Trinajstić information content (AvgIpc) is 3.10. The van der Waals surface area contributed by atoms with Crippen LogP contribution in [0.1, 0.15) is 28.0 Å². The van der Waals surface area contributed by atoms with Gasteiger partial charge in [0.1, 0.15) is 0 Å². The van der Waals surface area contributed by atoms with Gasteiger partial charge < -0.3 is 4.74 Å². The molecule has 2 atom stereocenters. The lowest BCUT2D eigenvalue weighted by atomic mass is 9.98. The van der Waals surface area contributed by atoms with E-state index in [9.17, 15) is 4.79 Å². The number of morpholine rings is 1. The van der Waals surface area contributed by atoms with Gasteiger partial charge in [0.2, 0.25) is 0 Å². The minimum absolute atomic E-state index is 0.0373. The van der Waals surface area contributed by atoms with E-state index in [1.165, 1.54) is 6.20 Å². The van der Waals surface area contributed by atoms with Crippen molar-refractivity contribution in [3.8, 4) is 0 Å². The van der Waals surface area contributed by atoms with Crippen LogP contribution in [0.25, 0.3) is 0 Å². The Morgan fingerprint density at radius 1 is 1.61 bits per heavy atom. The molecule has 0 unspecified atom stereocenters. The van der Waals surface area contributed by atoms with E-state index >= 15 is 0 Å². The van der Waals surface area contributed by atoms with Crippen molar-refractivity contribution in [2.75, 3.05) is 33.3 Å². The van der Waals surface area contributed by atoms with Gasteiger partial charge in [-0.15, -0.1) is 0 Å². The summed E-state index contributed by atoms with van der Waals surface area (Å²) in [5.41, 5.74) is 4.13. The van der Waals surface area contributed by atoms with E-state index in [0.29, 0.717) is 11.6 Å². The number of aromatic nitrogens is 1. The molecule has 0 radical (unpaired) electrons. The fraction of sp³-hybridized carbons (Fsp3) is 0.625. The van der Waals surface area contributed by atoms with Crippen molar-refractivity contribution >= 4 is 5.91 Å². The number of likely N-dealkylation sites (tertiary alicyclic amines) is 1. The summed E-state index contributed by atoms with van der Waals surface area (Å²) < 4.78 is 6.08. The van der Waals surface area contributed by atoms with E-state index in [0.717, 1.165) is 56.9 Å². The number of carbonyl (C=O) groups excluding carboxylic acids is 1. The predicted octanol–water partition coefficient (Wildman–Crippen LogP) is 0.0318. The third kappa shape index (κ3) is 2.63. The molecule has 23 heavy (non-hydrogen) atoms. The Balaban J connectivity index is 1.49. The van der Waals surface area contributed by atoms with Crippen molar-refractivity contribution in [3.05, 3.63) is 29.1 Å². The lowest BCUT2D eigenvalue weighted by Gasteiger charge is -2.37. The SMILES string of the molecule is CN1C[C@]2(CN3CCc4ncc(C(=O)NO)cc4C3)C[C@H]1CO2. The molecule has 7 nitrogen and oxygen atoms in total. The summed E-state index contributed by atoms with van der Waals surface area (Å²) in [5, 5.41) is 8.77. The Morgan fingerprint density at radius 2 is 2.48 bits per heavy atom. The number of fused-ring (bicyclic) bond motifs is 3. The molecule has 7 heteroatoms. The lowest BCUT2D eigenvalue weighted by molar-refractivity contribution is -0.0586. The van der Waals surface area contributed by atoms with Crippen molar-refractivity contribution in [2.24, 2.45) is 0 Å². The predicted molar refractivity (Wildman–Crippen MR) is 82.2 cm³/mol. The van der Waals surface area contributed by atoms with Crippen LogP contribution in [-0.2, 0) is 17.7 Å². The van der Waals surface area contributed by atoms with Crippen LogP contribution in [0, 0.1) is 0 Å². The summed E-state index contributed by atoms with van der Waals surface area (Å²) in [6.07, 6.45) is 3.51. The van der Waals surface area contributed by atoms with Gasteiger partial charge >= 0.3 is 0 Å². The van der Waals surface area contributed by atoms with Gasteiger partial charge in [-0.2, -0.15) is 0 Å². The van der Waals surface area contributed by atoms with Crippen LogP contribution in [-0.4, -0.2) is 70.8 Å². The van der Waals surface area contributed by atoms with Crippen LogP contribution in [0.3, 0.4) is 0 Å². The van der Waals surface area contributed by atoms with Crippen LogP contribution in [0.4, 0.5) is 0 Å².